The zero-order chi connectivity index (χ0) is 39.3. The minimum absolute atomic E-state index is 0.696. The van der Waals surface area contributed by atoms with Gasteiger partial charge < -0.3 is 4.42 Å². The van der Waals surface area contributed by atoms with Crippen LogP contribution in [-0.4, -0.2) is 11.5 Å². The van der Waals surface area contributed by atoms with Crippen LogP contribution in [0.5, 0.6) is 0 Å². The first-order chi connectivity index (χ1) is 29.2. The second-order valence-electron chi connectivity index (χ2n) is 15.4. The lowest BCUT2D eigenvalue weighted by Gasteiger charge is -2.13. The third kappa shape index (κ3) is 6.37. The van der Waals surface area contributed by atoms with Gasteiger partial charge in [0.25, 0.3) is 0 Å². The molecule has 9 aromatic rings. The van der Waals surface area contributed by atoms with E-state index in [1.165, 1.54) is 53.6 Å². The molecule has 0 N–H and O–H groups in total. The van der Waals surface area contributed by atoms with Crippen LogP contribution in [0.4, 0.5) is 0 Å². The van der Waals surface area contributed by atoms with E-state index in [2.05, 4.69) is 177 Å². The van der Waals surface area contributed by atoms with Crippen molar-refractivity contribution in [2.24, 2.45) is 9.98 Å². The molecule has 0 amide bonds. The summed E-state index contributed by atoms with van der Waals surface area (Å²) in [5, 5.41) is 4.82. The average molecular weight is 777 g/mol. The molecule has 0 atom stereocenters. The van der Waals surface area contributed by atoms with Gasteiger partial charge in [-0.1, -0.05) is 159 Å². The predicted octanol–water partition coefficient (Wildman–Crippen LogP) is 15.5. The van der Waals surface area contributed by atoms with Crippen molar-refractivity contribution in [1.82, 2.24) is 0 Å². The maximum absolute atomic E-state index is 6.66. The predicted molar refractivity (Wildman–Crippen MR) is 251 cm³/mol. The van der Waals surface area contributed by atoms with Gasteiger partial charge in [-0.15, -0.1) is 11.3 Å². The number of thiophene rings is 1. The molecule has 0 saturated carbocycles. The zero-order valence-electron chi connectivity index (χ0n) is 32.8. The van der Waals surface area contributed by atoms with Crippen molar-refractivity contribution in [1.29, 1.82) is 0 Å². The fourth-order valence-electron chi connectivity index (χ4n) is 8.81. The Balaban J connectivity index is 1.07. The van der Waals surface area contributed by atoms with Crippen molar-refractivity contribution < 1.29 is 4.42 Å². The molecular weight excluding hydrogens is 737 g/mol. The normalized spacial score (nSPS) is 14.6. The van der Waals surface area contributed by atoms with Crippen molar-refractivity contribution in [2.45, 2.75) is 32.6 Å². The highest BCUT2D eigenvalue weighted by atomic mass is 32.1. The lowest BCUT2D eigenvalue weighted by molar-refractivity contribution is 0.669. The van der Waals surface area contributed by atoms with Crippen LogP contribution in [0.25, 0.3) is 75.5 Å². The maximum atomic E-state index is 6.66. The van der Waals surface area contributed by atoms with E-state index < -0.39 is 0 Å². The Morgan fingerprint density at radius 2 is 1.25 bits per heavy atom. The standard InChI is InChI=1S/C55H40N2OS/c1-2-35-33-48(40-30-24-37(25-31-40)36-14-5-3-6-15-36)56-55(57-53(35)41-16-7-4-8-17-41)42-32-47(52-46-19-9-11-22-49(46)58-50(52)34-42)39-28-26-38(27-29-39)43-20-13-21-45-44-18-10-12-23-51(44)59-54(43)45/h3,5-7,9-32,34H,2,4,8,33H2,1H3. The molecule has 7 aromatic carbocycles. The zero-order valence-corrected chi connectivity index (χ0v) is 33.6. The summed E-state index contributed by atoms with van der Waals surface area (Å²) >= 11 is 1.87. The van der Waals surface area contributed by atoms with Gasteiger partial charge in [-0.05, 0) is 93.6 Å². The Morgan fingerprint density at radius 3 is 2.05 bits per heavy atom. The molecule has 0 saturated heterocycles. The van der Waals surface area contributed by atoms with E-state index >= 15 is 0 Å². The highest BCUT2D eigenvalue weighted by Gasteiger charge is 2.23. The van der Waals surface area contributed by atoms with Gasteiger partial charge in [-0.3, -0.25) is 0 Å². The van der Waals surface area contributed by atoms with Gasteiger partial charge in [0.15, 0.2) is 5.84 Å². The number of allylic oxidation sites excluding steroid dienone is 4. The van der Waals surface area contributed by atoms with Crippen molar-refractivity contribution in [3.05, 3.63) is 204 Å². The first-order valence-electron chi connectivity index (χ1n) is 20.6. The molecular formula is C55H40N2OS. The van der Waals surface area contributed by atoms with Crippen molar-refractivity contribution in [2.75, 3.05) is 0 Å². The smallest absolute Gasteiger partial charge is 0.160 e. The largest absolute Gasteiger partial charge is 0.456 e. The first kappa shape index (κ1) is 35.3. The monoisotopic (exact) mass is 776 g/mol. The van der Waals surface area contributed by atoms with E-state index in [9.17, 15) is 0 Å². The number of benzene rings is 7. The van der Waals surface area contributed by atoms with E-state index in [0.29, 0.717) is 5.84 Å². The summed E-state index contributed by atoms with van der Waals surface area (Å²) < 4.78 is 9.30. The number of para-hydroxylation sites is 1. The molecule has 3 nitrogen and oxygen atoms in total. The quantitative estimate of drug-likeness (QED) is 0.159. The van der Waals surface area contributed by atoms with Gasteiger partial charge in [0.2, 0.25) is 0 Å². The molecule has 282 valence electrons. The van der Waals surface area contributed by atoms with Gasteiger partial charge in [0.1, 0.15) is 11.2 Å². The number of amidine groups is 1. The molecule has 1 aliphatic carbocycles. The second kappa shape index (κ2) is 14.8. The number of hydrogen-bond donors (Lipinski definition) is 0. The van der Waals surface area contributed by atoms with Crippen LogP contribution in [0.3, 0.4) is 0 Å². The van der Waals surface area contributed by atoms with Crippen LogP contribution >= 0.6 is 11.3 Å². The molecule has 0 bridgehead atoms. The number of rotatable bonds is 7. The first-order valence-corrected chi connectivity index (χ1v) is 21.4. The number of aliphatic imine (C=N–C) groups is 2. The third-order valence-corrected chi connectivity index (χ3v) is 13.1. The SMILES string of the molecule is CCC1=C(C2=CCCC=C2)N=C(c2cc(-c3ccc(-c4cccc5c4sc4ccccc45)cc3)c3c(c2)oc2ccccc23)N=C(c2ccc(-c3ccccc3)cc2)C1. The molecule has 4 heteroatoms. The van der Waals surface area contributed by atoms with Gasteiger partial charge >= 0.3 is 0 Å². The summed E-state index contributed by atoms with van der Waals surface area (Å²) in [6.45, 7) is 2.24. The Bertz CT molecular complexity index is 3240. The summed E-state index contributed by atoms with van der Waals surface area (Å²) in [6, 6.07) is 56.6. The minimum atomic E-state index is 0.696. The third-order valence-electron chi connectivity index (χ3n) is 11.8. The molecule has 11 rings (SSSR count). The van der Waals surface area contributed by atoms with E-state index in [4.69, 9.17) is 14.4 Å². The van der Waals surface area contributed by atoms with Gasteiger partial charge in [-0.25, -0.2) is 9.98 Å². The molecule has 0 fully saturated rings. The number of furan rings is 1. The average Bonchev–Trinajstić information content (AvgIpc) is 3.81. The van der Waals surface area contributed by atoms with E-state index in [1.807, 2.05) is 17.4 Å². The highest BCUT2D eigenvalue weighted by Crippen LogP contribution is 2.42. The van der Waals surface area contributed by atoms with Crippen LogP contribution in [-0.2, 0) is 0 Å². The number of nitrogens with zero attached hydrogens (tertiary/aromatic N) is 2. The highest BCUT2D eigenvalue weighted by molar-refractivity contribution is 7.26. The lowest BCUT2D eigenvalue weighted by atomic mass is 9.94. The topological polar surface area (TPSA) is 37.9 Å². The Hall–Kier alpha value is -6.88. The summed E-state index contributed by atoms with van der Waals surface area (Å²) in [4.78, 5) is 11.0. The second-order valence-corrected chi connectivity index (χ2v) is 16.5. The fraction of sp³-hybridized carbons (Fsp3) is 0.0909. The molecule has 2 aliphatic rings. The summed E-state index contributed by atoms with van der Waals surface area (Å²) in [5.74, 6) is 0.696. The summed E-state index contributed by atoms with van der Waals surface area (Å²) in [7, 11) is 0. The fourth-order valence-corrected chi connectivity index (χ4v) is 10.0. The van der Waals surface area contributed by atoms with Crippen LogP contribution in [0.15, 0.2) is 207 Å². The Labute approximate surface area is 347 Å². The maximum Gasteiger partial charge on any atom is 0.160 e. The summed E-state index contributed by atoms with van der Waals surface area (Å²) in [6.07, 6.45) is 10.5. The molecule has 0 unspecified atom stereocenters. The van der Waals surface area contributed by atoms with Gasteiger partial charge in [-0.2, -0.15) is 0 Å². The van der Waals surface area contributed by atoms with Crippen molar-refractivity contribution in [3.63, 3.8) is 0 Å². The summed E-state index contributed by atoms with van der Waals surface area (Å²) in [5.41, 5.74) is 15.3. The van der Waals surface area contributed by atoms with E-state index in [1.54, 1.807) is 0 Å². The number of hydrogen-bond acceptors (Lipinski definition) is 4. The molecule has 0 spiro atoms. The van der Waals surface area contributed by atoms with Crippen molar-refractivity contribution >= 4 is 65.0 Å². The van der Waals surface area contributed by atoms with Crippen molar-refractivity contribution in [3.8, 4) is 33.4 Å². The molecule has 0 radical (unpaired) electrons. The van der Waals surface area contributed by atoms with Gasteiger partial charge in [0, 0.05) is 42.9 Å². The molecule has 59 heavy (non-hydrogen) atoms. The molecule has 3 heterocycles. The van der Waals surface area contributed by atoms with Crippen LogP contribution in [0.1, 0.15) is 43.7 Å². The van der Waals surface area contributed by atoms with E-state index in [-0.39, 0.29) is 0 Å². The molecule has 2 aromatic heterocycles. The Morgan fingerprint density at radius 1 is 0.559 bits per heavy atom. The van der Waals surface area contributed by atoms with E-state index in [0.717, 1.165) is 81.3 Å². The minimum Gasteiger partial charge on any atom is -0.456 e. The van der Waals surface area contributed by atoms with Crippen LogP contribution in [0, 0.1) is 0 Å². The number of fused-ring (bicyclic) bond motifs is 6. The van der Waals surface area contributed by atoms with Crippen LogP contribution < -0.4 is 0 Å². The molecule has 1 aliphatic heterocycles. The van der Waals surface area contributed by atoms with Crippen LogP contribution in [0.2, 0.25) is 0 Å². The van der Waals surface area contributed by atoms with Gasteiger partial charge in [0.05, 0.1) is 11.4 Å². The lowest BCUT2D eigenvalue weighted by Crippen LogP contribution is -2.06. The Kier molecular flexibility index (Phi) is 8.86.